The van der Waals surface area contributed by atoms with Crippen molar-refractivity contribution < 1.29 is 23.5 Å². The van der Waals surface area contributed by atoms with E-state index in [-0.39, 0.29) is 16.9 Å². The molecule has 0 radical (unpaired) electrons. The molecule has 0 aliphatic heterocycles. The van der Waals surface area contributed by atoms with Gasteiger partial charge in [0.05, 0.1) is 22.5 Å². The van der Waals surface area contributed by atoms with Crippen LogP contribution in [-0.2, 0) is 0 Å². The lowest BCUT2D eigenvalue weighted by atomic mass is 10.1. The highest BCUT2D eigenvalue weighted by Gasteiger charge is 2.16. The van der Waals surface area contributed by atoms with E-state index < -0.39 is 29.1 Å². The molecule has 0 bridgehead atoms. The Morgan fingerprint density at radius 1 is 1.14 bits per heavy atom. The Hall–Kier alpha value is -2.96. The van der Waals surface area contributed by atoms with Crippen LogP contribution in [0, 0.1) is 11.6 Å². The first kappa shape index (κ1) is 14.4. The number of aromatic carboxylic acids is 1. The number of nitrogens with two attached hydrogens (primary N) is 1. The summed E-state index contributed by atoms with van der Waals surface area (Å²) in [5.41, 5.74) is 5.18. The summed E-state index contributed by atoms with van der Waals surface area (Å²) >= 11 is 0. The molecule has 2 aromatic rings. The van der Waals surface area contributed by atoms with Crippen LogP contribution in [0.3, 0.4) is 0 Å². The molecular formula is C14H10F2N2O3. The number of carboxylic acid groups (broad SMARTS) is 1. The fourth-order valence-electron chi connectivity index (χ4n) is 1.68. The molecular weight excluding hydrogens is 282 g/mol. The number of anilines is 2. The molecule has 0 saturated heterocycles. The van der Waals surface area contributed by atoms with Gasteiger partial charge in [-0.15, -0.1) is 0 Å². The molecule has 7 heteroatoms. The maximum Gasteiger partial charge on any atom is 0.335 e. The number of carboxylic acids is 1. The Morgan fingerprint density at radius 3 is 2.48 bits per heavy atom. The van der Waals surface area contributed by atoms with E-state index >= 15 is 0 Å². The fraction of sp³-hybridized carbons (Fsp3) is 0. The van der Waals surface area contributed by atoms with Gasteiger partial charge in [-0.25, -0.2) is 13.6 Å². The number of amides is 1. The third kappa shape index (κ3) is 2.97. The molecule has 2 rings (SSSR count). The number of benzene rings is 2. The Balaban J connectivity index is 2.28. The van der Waals surface area contributed by atoms with Crippen molar-refractivity contribution in [1.29, 1.82) is 0 Å². The van der Waals surface area contributed by atoms with Crippen LogP contribution in [0.1, 0.15) is 20.7 Å². The topological polar surface area (TPSA) is 92.4 Å². The molecule has 0 fully saturated rings. The van der Waals surface area contributed by atoms with Crippen molar-refractivity contribution in [2.24, 2.45) is 0 Å². The molecule has 0 spiro atoms. The predicted octanol–water partition coefficient (Wildman–Crippen LogP) is 2.50. The average molecular weight is 292 g/mol. The molecule has 0 atom stereocenters. The zero-order valence-corrected chi connectivity index (χ0v) is 10.6. The molecule has 108 valence electrons. The van der Waals surface area contributed by atoms with Crippen LogP contribution in [0.2, 0.25) is 0 Å². The summed E-state index contributed by atoms with van der Waals surface area (Å²) < 4.78 is 26.5. The minimum absolute atomic E-state index is 0.0000567. The van der Waals surface area contributed by atoms with Gasteiger partial charge in [0.1, 0.15) is 0 Å². The predicted molar refractivity (Wildman–Crippen MR) is 72.1 cm³/mol. The van der Waals surface area contributed by atoms with Crippen molar-refractivity contribution in [3.63, 3.8) is 0 Å². The molecule has 5 nitrogen and oxygen atoms in total. The smallest absolute Gasteiger partial charge is 0.335 e. The van der Waals surface area contributed by atoms with Crippen LogP contribution >= 0.6 is 0 Å². The number of hydrogen-bond acceptors (Lipinski definition) is 3. The van der Waals surface area contributed by atoms with E-state index in [0.717, 1.165) is 18.2 Å². The maximum atomic E-state index is 13.5. The molecule has 2 aromatic carbocycles. The van der Waals surface area contributed by atoms with E-state index in [2.05, 4.69) is 5.32 Å². The SMILES string of the molecule is Nc1cc(C(=O)O)ccc1NC(=O)c1cccc(F)c1F. The van der Waals surface area contributed by atoms with Crippen LogP contribution < -0.4 is 11.1 Å². The normalized spacial score (nSPS) is 10.2. The van der Waals surface area contributed by atoms with Gasteiger partial charge >= 0.3 is 5.97 Å². The molecule has 0 aromatic heterocycles. The second-order valence-electron chi connectivity index (χ2n) is 4.16. The first-order valence-electron chi connectivity index (χ1n) is 5.78. The monoisotopic (exact) mass is 292 g/mol. The second-order valence-corrected chi connectivity index (χ2v) is 4.16. The molecule has 0 unspecified atom stereocenters. The summed E-state index contributed by atoms with van der Waals surface area (Å²) in [6.45, 7) is 0. The lowest BCUT2D eigenvalue weighted by molar-refractivity contribution is 0.0696. The van der Waals surface area contributed by atoms with E-state index in [1.54, 1.807) is 0 Å². The van der Waals surface area contributed by atoms with E-state index in [4.69, 9.17) is 10.8 Å². The van der Waals surface area contributed by atoms with Gasteiger partial charge in [0, 0.05) is 0 Å². The van der Waals surface area contributed by atoms with Crippen molar-refractivity contribution in [3.05, 3.63) is 59.2 Å². The summed E-state index contributed by atoms with van der Waals surface area (Å²) in [6, 6.07) is 6.87. The summed E-state index contributed by atoms with van der Waals surface area (Å²) in [5, 5.41) is 11.1. The number of nitrogens with one attached hydrogen (secondary N) is 1. The van der Waals surface area contributed by atoms with E-state index in [9.17, 15) is 18.4 Å². The number of halogens is 2. The third-order valence-electron chi connectivity index (χ3n) is 2.74. The Morgan fingerprint density at radius 2 is 1.86 bits per heavy atom. The van der Waals surface area contributed by atoms with Crippen molar-refractivity contribution in [2.45, 2.75) is 0 Å². The lowest BCUT2D eigenvalue weighted by Crippen LogP contribution is -2.15. The van der Waals surface area contributed by atoms with Gasteiger partial charge in [-0.2, -0.15) is 0 Å². The summed E-state index contributed by atoms with van der Waals surface area (Å²) in [5.74, 6) is -4.47. The van der Waals surface area contributed by atoms with Crippen LogP contribution in [0.15, 0.2) is 36.4 Å². The molecule has 0 heterocycles. The van der Waals surface area contributed by atoms with Crippen LogP contribution in [0.25, 0.3) is 0 Å². The molecule has 0 aliphatic carbocycles. The maximum absolute atomic E-state index is 13.5. The number of carbonyl (C=O) groups excluding carboxylic acids is 1. The number of rotatable bonds is 3. The van der Waals surface area contributed by atoms with Crippen LogP contribution in [-0.4, -0.2) is 17.0 Å². The molecule has 0 aliphatic rings. The van der Waals surface area contributed by atoms with Crippen LogP contribution in [0.4, 0.5) is 20.2 Å². The van der Waals surface area contributed by atoms with Gasteiger partial charge < -0.3 is 16.2 Å². The second kappa shape index (κ2) is 5.58. The van der Waals surface area contributed by atoms with Crippen molar-refractivity contribution in [3.8, 4) is 0 Å². The Kier molecular flexibility index (Phi) is 3.84. The minimum Gasteiger partial charge on any atom is -0.478 e. The molecule has 1 amide bonds. The zero-order chi connectivity index (χ0) is 15.6. The van der Waals surface area contributed by atoms with Crippen molar-refractivity contribution in [2.75, 3.05) is 11.1 Å². The largest absolute Gasteiger partial charge is 0.478 e. The lowest BCUT2D eigenvalue weighted by Gasteiger charge is -2.09. The summed E-state index contributed by atoms with van der Waals surface area (Å²) in [6.07, 6.45) is 0. The van der Waals surface area contributed by atoms with E-state index in [1.807, 2.05) is 0 Å². The number of nitrogen functional groups attached to an aromatic ring is 1. The average Bonchev–Trinajstić information content (AvgIpc) is 2.43. The van der Waals surface area contributed by atoms with Gasteiger partial charge in [0.15, 0.2) is 11.6 Å². The number of hydrogen-bond donors (Lipinski definition) is 3. The van der Waals surface area contributed by atoms with Gasteiger partial charge in [-0.05, 0) is 30.3 Å². The Bertz CT molecular complexity index is 732. The van der Waals surface area contributed by atoms with Gasteiger partial charge in [-0.1, -0.05) is 6.07 Å². The van der Waals surface area contributed by atoms with Gasteiger partial charge in [0.2, 0.25) is 0 Å². The Labute approximate surface area is 118 Å². The highest BCUT2D eigenvalue weighted by atomic mass is 19.2. The molecule has 0 saturated carbocycles. The van der Waals surface area contributed by atoms with Gasteiger partial charge in [-0.3, -0.25) is 4.79 Å². The van der Waals surface area contributed by atoms with E-state index in [0.29, 0.717) is 0 Å². The van der Waals surface area contributed by atoms with E-state index in [1.165, 1.54) is 18.2 Å². The molecule has 4 N–H and O–H groups in total. The summed E-state index contributed by atoms with van der Waals surface area (Å²) in [4.78, 5) is 22.6. The van der Waals surface area contributed by atoms with Crippen molar-refractivity contribution in [1.82, 2.24) is 0 Å². The highest BCUT2D eigenvalue weighted by Crippen LogP contribution is 2.21. The number of carbonyl (C=O) groups is 2. The molecule has 21 heavy (non-hydrogen) atoms. The standard InChI is InChI=1S/C14H10F2N2O3/c15-9-3-1-2-8(12(9)16)13(19)18-11-5-4-7(14(20)21)6-10(11)17/h1-6H,17H2,(H,18,19)(H,20,21). The first-order valence-corrected chi connectivity index (χ1v) is 5.78. The summed E-state index contributed by atoms with van der Waals surface area (Å²) in [7, 11) is 0. The minimum atomic E-state index is -1.27. The van der Waals surface area contributed by atoms with Crippen LogP contribution in [0.5, 0.6) is 0 Å². The van der Waals surface area contributed by atoms with Crippen molar-refractivity contribution >= 4 is 23.3 Å². The zero-order valence-electron chi connectivity index (χ0n) is 10.6. The first-order chi connectivity index (χ1) is 9.90. The third-order valence-corrected chi connectivity index (χ3v) is 2.74. The van der Waals surface area contributed by atoms with Gasteiger partial charge in [0.25, 0.3) is 5.91 Å². The fourth-order valence-corrected chi connectivity index (χ4v) is 1.68. The quantitative estimate of drug-likeness (QED) is 0.758. The highest BCUT2D eigenvalue weighted by molar-refractivity contribution is 6.06.